The quantitative estimate of drug-likeness (QED) is 0.742. The fraction of sp³-hybridized carbons (Fsp3) is 0.217. The maximum absolute atomic E-state index is 3.70. The average molecular weight is 297 g/mol. The van der Waals surface area contributed by atoms with E-state index in [2.05, 4.69) is 76.2 Å². The summed E-state index contributed by atoms with van der Waals surface area (Å²) >= 11 is 0. The molecule has 0 heterocycles. The van der Waals surface area contributed by atoms with Gasteiger partial charge in [-0.1, -0.05) is 53.6 Å². The topological polar surface area (TPSA) is 0 Å². The second kappa shape index (κ2) is 5.09. The van der Waals surface area contributed by atoms with Gasteiger partial charge in [0.05, 0.1) is 0 Å². The molecule has 0 saturated heterocycles. The highest BCUT2D eigenvalue weighted by atomic mass is 14.2. The lowest BCUT2D eigenvalue weighted by atomic mass is 9.93. The van der Waals surface area contributed by atoms with Crippen molar-refractivity contribution in [1.82, 2.24) is 0 Å². The molecule has 0 fully saturated rings. The Bertz CT molecular complexity index is 1100. The van der Waals surface area contributed by atoms with E-state index >= 15 is 0 Å². The molecule has 2 aromatic rings. The third kappa shape index (κ3) is 2.13. The van der Waals surface area contributed by atoms with Crippen molar-refractivity contribution in [2.24, 2.45) is 0 Å². The summed E-state index contributed by atoms with van der Waals surface area (Å²) in [5.41, 5.74) is 8.30. The minimum Gasteiger partial charge on any atom is -0.0686 e. The predicted molar refractivity (Wildman–Crippen MR) is 97.0 cm³/mol. The fourth-order valence-electron chi connectivity index (χ4n) is 3.80. The van der Waals surface area contributed by atoms with Crippen LogP contribution in [-0.2, 0) is 0 Å². The monoisotopic (exact) mass is 297 g/mol. The average Bonchev–Trinajstić information content (AvgIpc) is 3.03. The number of benzene rings is 2. The van der Waals surface area contributed by atoms with Gasteiger partial charge in [-0.05, 0) is 83.3 Å². The molecule has 0 aliphatic heterocycles. The molecule has 2 aliphatic carbocycles. The standard InChI is InChI=1S/C23H21/c1-14(2)17-9-10-19-18-7-5-6-8-20(18)23(22(19)13-17)21-12-15(3)11-16(21)4/h5-11H,12H2,1-4H3. The van der Waals surface area contributed by atoms with Crippen LogP contribution in [0.5, 0.6) is 0 Å². The summed E-state index contributed by atoms with van der Waals surface area (Å²) in [6.45, 7) is 8.78. The van der Waals surface area contributed by atoms with Crippen LogP contribution in [0.15, 0.2) is 59.2 Å². The normalized spacial score (nSPS) is 15.7. The molecule has 4 rings (SSSR count). The zero-order valence-corrected chi connectivity index (χ0v) is 14.2. The van der Waals surface area contributed by atoms with Crippen molar-refractivity contribution in [3.05, 3.63) is 91.7 Å². The lowest BCUT2D eigenvalue weighted by molar-refractivity contribution is 1.19. The number of fused-ring (bicyclic) bond motifs is 2. The van der Waals surface area contributed by atoms with E-state index in [0.717, 1.165) is 6.42 Å². The number of allylic oxidation sites excluding steroid dienone is 4. The molecule has 2 aromatic carbocycles. The molecule has 2 aliphatic rings. The van der Waals surface area contributed by atoms with Crippen molar-refractivity contribution in [2.75, 3.05) is 0 Å². The Kier molecular flexibility index (Phi) is 3.16. The van der Waals surface area contributed by atoms with Crippen LogP contribution in [0.4, 0.5) is 0 Å². The summed E-state index contributed by atoms with van der Waals surface area (Å²) in [5, 5.41) is 5.25. The van der Waals surface area contributed by atoms with Crippen LogP contribution in [0.25, 0.3) is 11.1 Å². The zero-order valence-electron chi connectivity index (χ0n) is 14.2. The SMILES string of the molecule is CC1=CC(C)=C(C2=c3ccccc3=c3ccc(=C(C)C)[c]c32)C1. The van der Waals surface area contributed by atoms with Crippen molar-refractivity contribution in [3.63, 3.8) is 0 Å². The fourth-order valence-corrected chi connectivity index (χ4v) is 3.80. The Morgan fingerprint density at radius 1 is 0.913 bits per heavy atom. The van der Waals surface area contributed by atoms with Crippen LogP contribution >= 0.6 is 0 Å². The zero-order chi connectivity index (χ0) is 16.1. The molecule has 0 heteroatoms. The summed E-state index contributed by atoms with van der Waals surface area (Å²) in [4.78, 5) is 0. The van der Waals surface area contributed by atoms with Crippen LogP contribution in [0.2, 0.25) is 0 Å². The first kappa shape index (κ1) is 14.3. The maximum atomic E-state index is 3.70. The van der Waals surface area contributed by atoms with E-state index in [1.165, 1.54) is 54.3 Å². The number of rotatable bonds is 1. The highest BCUT2D eigenvalue weighted by molar-refractivity contribution is 5.84. The molecule has 0 amide bonds. The number of hydrogen-bond donors (Lipinski definition) is 0. The molecule has 23 heavy (non-hydrogen) atoms. The lowest BCUT2D eigenvalue weighted by Gasteiger charge is -2.10. The second-order valence-electron chi connectivity index (χ2n) is 6.91. The van der Waals surface area contributed by atoms with Crippen molar-refractivity contribution in [3.8, 4) is 0 Å². The first-order valence-electron chi connectivity index (χ1n) is 8.27. The Labute approximate surface area is 137 Å². The van der Waals surface area contributed by atoms with Crippen molar-refractivity contribution < 1.29 is 0 Å². The minimum atomic E-state index is 1.06. The van der Waals surface area contributed by atoms with Gasteiger partial charge in [0, 0.05) is 0 Å². The van der Waals surface area contributed by atoms with Gasteiger partial charge in [0.25, 0.3) is 0 Å². The molecule has 0 spiro atoms. The summed E-state index contributed by atoms with van der Waals surface area (Å²) in [5.74, 6) is 0. The maximum Gasteiger partial charge on any atom is -0.00109 e. The molecule has 0 nitrogen and oxygen atoms in total. The van der Waals surface area contributed by atoms with Crippen LogP contribution in [-0.4, -0.2) is 0 Å². The van der Waals surface area contributed by atoms with Gasteiger partial charge in [-0.3, -0.25) is 0 Å². The van der Waals surface area contributed by atoms with E-state index < -0.39 is 0 Å². The molecular formula is C23H21. The van der Waals surface area contributed by atoms with Gasteiger partial charge in [0.15, 0.2) is 0 Å². The van der Waals surface area contributed by atoms with E-state index in [4.69, 9.17) is 0 Å². The van der Waals surface area contributed by atoms with Gasteiger partial charge >= 0.3 is 0 Å². The highest BCUT2D eigenvalue weighted by Gasteiger charge is 2.21. The summed E-state index contributed by atoms with van der Waals surface area (Å²) in [7, 11) is 0. The Morgan fingerprint density at radius 3 is 2.30 bits per heavy atom. The Hall–Kier alpha value is -2.34. The first-order valence-corrected chi connectivity index (χ1v) is 8.27. The molecule has 0 unspecified atom stereocenters. The third-order valence-electron chi connectivity index (χ3n) is 4.92. The Balaban J connectivity index is 2.14. The van der Waals surface area contributed by atoms with Crippen LogP contribution in [0.1, 0.15) is 39.7 Å². The molecule has 0 saturated carbocycles. The second-order valence-corrected chi connectivity index (χ2v) is 6.91. The lowest BCUT2D eigenvalue weighted by Crippen LogP contribution is -2.09. The van der Waals surface area contributed by atoms with Crippen molar-refractivity contribution >= 4 is 11.1 Å². The molecule has 0 bridgehead atoms. The van der Waals surface area contributed by atoms with Crippen molar-refractivity contribution in [2.45, 2.75) is 34.1 Å². The summed E-state index contributed by atoms with van der Waals surface area (Å²) in [6.07, 6.45) is 3.38. The van der Waals surface area contributed by atoms with E-state index in [1.807, 2.05) is 0 Å². The van der Waals surface area contributed by atoms with E-state index in [-0.39, 0.29) is 0 Å². The van der Waals surface area contributed by atoms with Gasteiger partial charge < -0.3 is 0 Å². The molecule has 1 radical (unpaired) electrons. The molecule has 113 valence electrons. The summed E-state index contributed by atoms with van der Waals surface area (Å²) in [6, 6.07) is 17.0. The predicted octanol–water partition coefficient (Wildman–Crippen LogP) is 4.14. The van der Waals surface area contributed by atoms with Crippen LogP contribution < -0.4 is 10.4 Å². The van der Waals surface area contributed by atoms with E-state index in [0.29, 0.717) is 0 Å². The molecular weight excluding hydrogens is 276 g/mol. The van der Waals surface area contributed by atoms with Gasteiger partial charge in [-0.2, -0.15) is 0 Å². The van der Waals surface area contributed by atoms with Gasteiger partial charge in [0.2, 0.25) is 0 Å². The van der Waals surface area contributed by atoms with Crippen LogP contribution in [0.3, 0.4) is 0 Å². The molecule has 0 N–H and O–H groups in total. The summed E-state index contributed by atoms with van der Waals surface area (Å²) < 4.78 is 0. The van der Waals surface area contributed by atoms with Gasteiger partial charge in [-0.15, -0.1) is 0 Å². The third-order valence-corrected chi connectivity index (χ3v) is 4.92. The molecule has 0 atom stereocenters. The Morgan fingerprint density at radius 2 is 1.65 bits per heavy atom. The van der Waals surface area contributed by atoms with E-state index in [9.17, 15) is 0 Å². The highest BCUT2D eigenvalue weighted by Crippen LogP contribution is 2.35. The number of hydrogen-bond acceptors (Lipinski definition) is 0. The largest absolute Gasteiger partial charge is 0.0686 e. The molecule has 0 aromatic heterocycles. The van der Waals surface area contributed by atoms with Crippen LogP contribution in [0, 0.1) is 16.5 Å². The van der Waals surface area contributed by atoms with Crippen molar-refractivity contribution in [1.29, 1.82) is 0 Å². The smallest absolute Gasteiger partial charge is 0.00109 e. The van der Waals surface area contributed by atoms with Gasteiger partial charge in [0.1, 0.15) is 0 Å². The first-order chi connectivity index (χ1) is 11.1. The van der Waals surface area contributed by atoms with Gasteiger partial charge in [-0.25, -0.2) is 0 Å². The minimum absolute atomic E-state index is 1.06. The van der Waals surface area contributed by atoms with E-state index in [1.54, 1.807) is 0 Å².